The Morgan fingerprint density at radius 3 is 2.62 bits per heavy atom. The number of benzene rings is 1. The largest absolute Gasteiger partial charge is 0.478 e. The minimum atomic E-state index is -4.57. The molecule has 1 heterocycles. The molecular weight excluding hydrogens is 287 g/mol. The Balaban J connectivity index is 2.13. The summed E-state index contributed by atoms with van der Waals surface area (Å²) in [6.45, 7) is 0.346. The molecule has 0 saturated heterocycles. The van der Waals surface area contributed by atoms with Crippen molar-refractivity contribution in [3.63, 3.8) is 0 Å². The lowest BCUT2D eigenvalue weighted by atomic mass is 10.1. The van der Waals surface area contributed by atoms with E-state index >= 15 is 0 Å². The van der Waals surface area contributed by atoms with Crippen LogP contribution in [0.2, 0.25) is 0 Å². The number of hydrogen-bond donors (Lipinski definition) is 2. The molecule has 7 heteroatoms. The molecule has 1 aromatic heterocycles. The molecule has 0 fully saturated rings. The van der Waals surface area contributed by atoms with Gasteiger partial charge in [-0.1, -0.05) is 0 Å². The minimum absolute atomic E-state index is 0.141. The summed E-state index contributed by atoms with van der Waals surface area (Å²) >= 11 is 0. The lowest BCUT2D eigenvalue weighted by Crippen LogP contribution is -2.12. The van der Waals surface area contributed by atoms with E-state index in [9.17, 15) is 18.0 Å². The predicted octanol–water partition coefficient (Wildman–Crippen LogP) is 3.65. The molecule has 0 saturated carbocycles. The quantitative estimate of drug-likeness (QED) is 0.884. The molecule has 0 spiro atoms. The molecule has 0 unspecified atom stereocenters. The number of carboxylic acids is 1. The van der Waals surface area contributed by atoms with Crippen LogP contribution in [0.1, 0.15) is 21.7 Å². The van der Waals surface area contributed by atoms with Gasteiger partial charge in [0.15, 0.2) is 0 Å². The molecule has 21 heavy (non-hydrogen) atoms. The maximum Gasteiger partial charge on any atom is 0.416 e. The smallest absolute Gasteiger partial charge is 0.416 e. The van der Waals surface area contributed by atoms with Crippen molar-refractivity contribution < 1.29 is 27.5 Å². The van der Waals surface area contributed by atoms with Crippen molar-refractivity contribution in [3.05, 3.63) is 53.5 Å². The number of alkyl halides is 3. The zero-order valence-corrected chi connectivity index (χ0v) is 10.8. The summed E-state index contributed by atoms with van der Waals surface area (Å²) < 4.78 is 42.8. The highest BCUT2D eigenvalue weighted by atomic mass is 19.4. The monoisotopic (exact) mass is 299 g/mol. The molecular formula is C14H12F3NO3. The number of halogens is 3. The van der Waals surface area contributed by atoms with Gasteiger partial charge in [0, 0.05) is 18.7 Å². The number of aromatic carboxylic acids is 1. The van der Waals surface area contributed by atoms with E-state index in [1.165, 1.54) is 6.26 Å². The number of hydrogen-bond acceptors (Lipinski definition) is 3. The second kappa shape index (κ2) is 5.90. The Morgan fingerprint density at radius 2 is 2.05 bits per heavy atom. The highest BCUT2D eigenvalue weighted by molar-refractivity contribution is 5.94. The molecule has 112 valence electrons. The molecule has 2 N–H and O–H groups in total. The second-order valence-corrected chi connectivity index (χ2v) is 4.32. The number of rotatable bonds is 5. The van der Waals surface area contributed by atoms with Crippen LogP contribution in [0.15, 0.2) is 41.0 Å². The number of furan rings is 1. The first-order valence-corrected chi connectivity index (χ1v) is 6.08. The number of carbonyl (C=O) groups is 1. The Labute approximate surface area is 118 Å². The van der Waals surface area contributed by atoms with E-state index in [1.807, 2.05) is 0 Å². The van der Waals surface area contributed by atoms with E-state index in [2.05, 4.69) is 5.32 Å². The topological polar surface area (TPSA) is 62.5 Å². The Morgan fingerprint density at radius 1 is 1.29 bits per heavy atom. The van der Waals surface area contributed by atoms with Gasteiger partial charge in [0.1, 0.15) is 5.76 Å². The molecule has 2 aromatic rings. The van der Waals surface area contributed by atoms with E-state index in [0.29, 0.717) is 24.8 Å². The SMILES string of the molecule is O=C(O)c1cc(C(F)(F)F)ccc1NCCc1ccco1. The van der Waals surface area contributed by atoms with Crippen molar-refractivity contribution in [2.45, 2.75) is 12.6 Å². The van der Waals surface area contributed by atoms with Gasteiger partial charge < -0.3 is 14.8 Å². The highest BCUT2D eigenvalue weighted by Gasteiger charge is 2.31. The first-order valence-electron chi connectivity index (χ1n) is 6.08. The normalized spacial score (nSPS) is 11.4. The first kappa shape index (κ1) is 15.0. The van der Waals surface area contributed by atoms with Crippen molar-refractivity contribution in [2.75, 3.05) is 11.9 Å². The van der Waals surface area contributed by atoms with Crippen LogP contribution in [0.3, 0.4) is 0 Å². The summed E-state index contributed by atoms with van der Waals surface area (Å²) in [4.78, 5) is 11.1. The second-order valence-electron chi connectivity index (χ2n) is 4.32. The molecule has 0 aliphatic rings. The maximum absolute atomic E-state index is 12.6. The van der Waals surface area contributed by atoms with Crippen molar-refractivity contribution in [2.24, 2.45) is 0 Å². The van der Waals surface area contributed by atoms with Crippen molar-refractivity contribution in [1.29, 1.82) is 0 Å². The summed E-state index contributed by atoms with van der Waals surface area (Å²) in [6, 6.07) is 6.07. The van der Waals surface area contributed by atoms with Gasteiger partial charge in [-0.05, 0) is 30.3 Å². The van der Waals surface area contributed by atoms with Gasteiger partial charge in [-0.25, -0.2) is 4.79 Å². The summed E-state index contributed by atoms with van der Waals surface area (Å²) in [7, 11) is 0. The maximum atomic E-state index is 12.6. The molecule has 1 aromatic carbocycles. The molecule has 0 amide bonds. The number of carboxylic acid groups (broad SMARTS) is 1. The van der Waals surface area contributed by atoms with Crippen LogP contribution in [0.5, 0.6) is 0 Å². The van der Waals surface area contributed by atoms with Crippen LogP contribution in [0.4, 0.5) is 18.9 Å². The average Bonchev–Trinajstić information content (AvgIpc) is 2.90. The molecule has 0 aliphatic heterocycles. The molecule has 0 aliphatic carbocycles. The van der Waals surface area contributed by atoms with Crippen LogP contribution < -0.4 is 5.32 Å². The fourth-order valence-corrected chi connectivity index (χ4v) is 1.83. The lowest BCUT2D eigenvalue weighted by Gasteiger charge is -2.12. The molecule has 0 bridgehead atoms. The standard InChI is InChI=1S/C14H12F3NO3/c15-14(16,17)9-3-4-12(11(8-9)13(19)20)18-6-5-10-2-1-7-21-10/h1-4,7-8,18H,5-6H2,(H,19,20). The van der Waals surface area contributed by atoms with Crippen molar-refractivity contribution in [1.82, 2.24) is 0 Å². The van der Waals surface area contributed by atoms with Crippen LogP contribution in [0.25, 0.3) is 0 Å². The first-order chi connectivity index (χ1) is 9.88. The van der Waals surface area contributed by atoms with Crippen LogP contribution in [-0.2, 0) is 12.6 Å². The summed E-state index contributed by atoms with van der Waals surface area (Å²) in [5.74, 6) is -0.715. The predicted molar refractivity (Wildman–Crippen MR) is 69.3 cm³/mol. The van der Waals surface area contributed by atoms with Crippen LogP contribution >= 0.6 is 0 Å². The Kier molecular flexibility index (Phi) is 4.21. The number of nitrogens with one attached hydrogen (secondary N) is 1. The van der Waals surface area contributed by atoms with E-state index < -0.39 is 23.3 Å². The molecule has 2 rings (SSSR count). The number of anilines is 1. The van der Waals surface area contributed by atoms with E-state index in [4.69, 9.17) is 9.52 Å². The summed E-state index contributed by atoms with van der Waals surface area (Å²) in [6.07, 6.45) is -2.57. The van der Waals surface area contributed by atoms with Gasteiger partial charge in [0.25, 0.3) is 0 Å². The van der Waals surface area contributed by atoms with Gasteiger partial charge in [-0.2, -0.15) is 13.2 Å². The third kappa shape index (κ3) is 3.77. The minimum Gasteiger partial charge on any atom is -0.478 e. The van der Waals surface area contributed by atoms with E-state index in [0.717, 1.165) is 12.1 Å². The van der Waals surface area contributed by atoms with Crippen molar-refractivity contribution >= 4 is 11.7 Å². The van der Waals surface area contributed by atoms with Gasteiger partial charge in [0.05, 0.1) is 17.4 Å². The third-order valence-corrected chi connectivity index (χ3v) is 2.84. The lowest BCUT2D eigenvalue weighted by molar-refractivity contribution is -0.137. The zero-order chi connectivity index (χ0) is 15.5. The van der Waals surface area contributed by atoms with Crippen LogP contribution in [0, 0.1) is 0 Å². The van der Waals surface area contributed by atoms with Crippen LogP contribution in [-0.4, -0.2) is 17.6 Å². The fourth-order valence-electron chi connectivity index (χ4n) is 1.83. The third-order valence-electron chi connectivity index (χ3n) is 2.84. The van der Waals surface area contributed by atoms with Crippen molar-refractivity contribution in [3.8, 4) is 0 Å². The Hall–Kier alpha value is -2.44. The van der Waals surface area contributed by atoms with E-state index in [-0.39, 0.29) is 5.69 Å². The average molecular weight is 299 g/mol. The van der Waals surface area contributed by atoms with Gasteiger partial charge >= 0.3 is 12.1 Å². The van der Waals surface area contributed by atoms with E-state index in [1.54, 1.807) is 12.1 Å². The van der Waals surface area contributed by atoms with Gasteiger partial charge in [-0.3, -0.25) is 0 Å². The fraction of sp³-hybridized carbons (Fsp3) is 0.214. The Bertz CT molecular complexity index is 621. The van der Waals surface area contributed by atoms with Gasteiger partial charge in [0.2, 0.25) is 0 Å². The van der Waals surface area contributed by atoms with Gasteiger partial charge in [-0.15, -0.1) is 0 Å². The molecule has 0 radical (unpaired) electrons. The zero-order valence-electron chi connectivity index (χ0n) is 10.8. The summed E-state index contributed by atoms with van der Waals surface area (Å²) in [5, 5.41) is 11.8. The molecule has 4 nitrogen and oxygen atoms in total. The highest BCUT2D eigenvalue weighted by Crippen LogP contribution is 2.31. The molecule has 0 atom stereocenters. The summed E-state index contributed by atoms with van der Waals surface area (Å²) in [5.41, 5.74) is -1.26.